The van der Waals surface area contributed by atoms with Crippen molar-refractivity contribution in [2.45, 2.75) is 202 Å². The summed E-state index contributed by atoms with van der Waals surface area (Å²) in [5.74, 6) is 8.66. The maximum absolute atomic E-state index is 2.36. The molecule has 0 aromatic carbocycles. The van der Waals surface area contributed by atoms with Crippen molar-refractivity contribution in [2.24, 2.45) is 58.7 Å². The fraction of sp³-hybridized carbons (Fsp3) is 1.00. The van der Waals surface area contributed by atoms with Crippen molar-refractivity contribution in [2.75, 3.05) is 0 Å². The fourth-order valence-corrected chi connectivity index (χ4v) is 4.69. The van der Waals surface area contributed by atoms with Gasteiger partial charge in [0.25, 0.3) is 0 Å². The zero-order chi connectivity index (χ0) is 29.9. The zero-order valence-electron chi connectivity index (χ0n) is 29.9. The lowest BCUT2D eigenvalue weighted by Crippen LogP contribution is -2.12. The molecule has 0 heterocycles. The minimum atomic E-state index is 0. The molecule has 0 nitrogen and oxygen atoms in total. The molecule has 0 saturated heterocycles. The molecule has 0 aromatic heterocycles. The Kier molecular flexibility index (Phi) is 31.2. The van der Waals surface area contributed by atoms with Crippen LogP contribution in [0.4, 0.5) is 0 Å². The number of hydrogen-bond acceptors (Lipinski definition) is 0. The molecule has 0 radical (unpaired) electrons. The van der Waals surface area contributed by atoms with Gasteiger partial charge in [0.15, 0.2) is 0 Å². The Morgan fingerprint density at radius 2 is 0.925 bits per heavy atom. The Morgan fingerprint density at radius 3 is 1.05 bits per heavy atom. The van der Waals surface area contributed by atoms with Crippen LogP contribution in [0.25, 0.3) is 0 Å². The van der Waals surface area contributed by atoms with E-state index in [4.69, 9.17) is 0 Å². The van der Waals surface area contributed by atoms with Gasteiger partial charge in [0.1, 0.15) is 0 Å². The van der Waals surface area contributed by atoms with Crippen LogP contribution in [-0.4, -0.2) is 0 Å². The predicted octanol–water partition coefficient (Wildman–Crippen LogP) is 15.1. The van der Waals surface area contributed by atoms with Gasteiger partial charge in [-0.25, -0.2) is 0 Å². The number of hydrogen-bond donors (Lipinski definition) is 0. The molecule has 0 spiro atoms. The second kappa shape index (κ2) is 26.6. The molecule has 1 atom stereocenters. The minimum Gasteiger partial charge on any atom is -0.0776 e. The Balaban J connectivity index is -0.000000201. The molecule has 40 heavy (non-hydrogen) atoms. The van der Waals surface area contributed by atoms with Crippen LogP contribution in [0, 0.1) is 58.7 Å². The van der Waals surface area contributed by atoms with Crippen molar-refractivity contribution in [1.82, 2.24) is 0 Å². The smallest absolute Gasteiger partial charge is 0.0360 e. The third-order valence-corrected chi connectivity index (χ3v) is 9.64. The highest BCUT2D eigenvalue weighted by Crippen LogP contribution is 2.35. The van der Waals surface area contributed by atoms with Crippen LogP contribution in [0.2, 0.25) is 0 Å². The van der Waals surface area contributed by atoms with E-state index in [1.54, 1.807) is 0 Å². The molecule has 0 amide bonds. The molecular weight excluding hydrogens is 480 g/mol. The monoisotopic (exact) mass is 569 g/mol. The van der Waals surface area contributed by atoms with Crippen LogP contribution < -0.4 is 0 Å². The second-order valence-electron chi connectivity index (χ2n) is 16.3. The summed E-state index contributed by atoms with van der Waals surface area (Å²) in [6.07, 6.45) is 19.3. The first-order chi connectivity index (χ1) is 17.5. The Bertz CT molecular complexity index is 475. The van der Waals surface area contributed by atoms with Crippen molar-refractivity contribution in [3.05, 3.63) is 0 Å². The molecule has 248 valence electrons. The summed E-state index contributed by atoms with van der Waals surface area (Å²) in [6, 6.07) is 0. The molecule has 0 aromatic rings. The van der Waals surface area contributed by atoms with Gasteiger partial charge >= 0.3 is 0 Å². The highest BCUT2D eigenvalue weighted by atomic mass is 14.3. The third kappa shape index (κ3) is 30.9. The lowest BCUT2D eigenvalue weighted by atomic mass is 9.80. The van der Waals surface area contributed by atoms with E-state index in [1.165, 1.54) is 83.5 Å². The average molecular weight is 569 g/mol. The highest BCUT2D eigenvalue weighted by Gasteiger charge is 2.21. The first-order valence-electron chi connectivity index (χ1n) is 17.5. The van der Waals surface area contributed by atoms with Gasteiger partial charge in [0.2, 0.25) is 0 Å². The normalized spacial score (nSPS) is 18.0. The van der Waals surface area contributed by atoms with Gasteiger partial charge in [-0.05, 0) is 71.5 Å². The van der Waals surface area contributed by atoms with E-state index < -0.39 is 0 Å². The summed E-state index contributed by atoms with van der Waals surface area (Å²) in [5, 5.41) is 0. The molecule has 3 fully saturated rings. The maximum atomic E-state index is 2.36. The lowest BCUT2D eigenvalue weighted by Gasteiger charge is -2.26. The summed E-state index contributed by atoms with van der Waals surface area (Å²) >= 11 is 0. The van der Waals surface area contributed by atoms with Crippen molar-refractivity contribution in [3.63, 3.8) is 0 Å². The SMILES string of the molecule is C.C.CC(C)C(C)(C)C.CC(C)C1CCCCC1.CC(C)CC1CC1.CC(C)CC1CCC1.CCC(C)C(C)C. The molecule has 0 aliphatic heterocycles. The van der Waals surface area contributed by atoms with E-state index in [-0.39, 0.29) is 14.9 Å². The summed E-state index contributed by atoms with van der Waals surface area (Å²) < 4.78 is 0. The highest BCUT2D eigenvalue weighted by molar-refractivity contribution is 4.73. The van der Waals surface area contributed by atoms with E-state index in [0.717, 1.165) is 53.3 Å². The fourth-order valence-electron chi connectivity index (χ4n) is 4.69. The van der Waals surface area contributed by atoms with Crippen molar-refractivity contribution >= 4 is 0 Å². The molecule has 3 aliphatic carbocycles. The third-order valence-electron chi connectivity index (χ3n) is 9.64. The van der Waals surface area contributed by atoms with Crippen LogP contribution in [0.15, 0.2) is 0 Å². The summed E-state index contributed by atoms with van der Waals surface area (Å²) in [4.78, 5) is 0. The topological polar surface area (TPSA) is 0 Å². The van der Waals surface area contributed by atoms with Crippen molar-refractivity contribution < 1.29 is 0 Å². The van der Waals surface area contributed by atoms with Crippen LogP contribution in [0.1, 0.15) is 202 Å². The lowest BCUT2D eigenvalue weighted by molar-refractivity contribution is 0.264. The number of rotatable bonds is 7. The standard InChI is InChI=1S/C9H18.C8H16.C7H14.2C7H16.2CH4/c1-8(2)9-6-4-3-5-7-9;1-7(2)6-8-4-3-5-8;1-6(2)5-7-3-4-7;1-6(2)7(3,4)5;1-5-7(4)6(2)3;;/h8-9H,3-7H2,1-2H3;7-8H,3-6H2,1-2H3;6-7H,3-5H2,1-2H3;6H,1-5H3;6-7H,5H2,1-4H3;2*1H4. The van der Waals surface area contributed by atoms with Crippen molar-refractivity contribution in [1.29, 1.82) is 0 Å². The molecule has 3 rings (SSSR count). The van der Waals surface area contributed by atoms with E-state index in [9.17, 15) is 0 Å². The van der Waals surface area contributed by atoms with E-state index in [0.29, 0.717) is 5.41 Å². The van der Waals surface area contributed by atoms with Gasteiger partial charge in [-0.2, -0.15) is 0 Å². The van der Waals surface area contributed by atoms with Crippen LogP contribution in [-0.2, 0) is 0 Å². The van der Waals surface area contributed by atoms with E-state index in [2.05, 4.69) is 104 Å². The zero-order valence-corrected chi connectivity index (χ0v) is 29.9. The predicted molar refractivity (Wildman–Crippen MR) is 192 cm³/mol. The van der Waals surface area contributed by atoms with Gasteiger partial charge in [-0.3, -0.25) is 0 Å². The second-order valence-corrected chi connectivity index (χ2v) is 16.3. The first kappa shape index (κ1) is 46.9. The van der Waals surface area contributed by atoms with Crippen LogP contribution >= 0.6 is 0 Å². The summed E-state index contributed by atoms with van der Waals surface area (Å²) in [6.45, 7) is 34.3. The Morgan fingerprint density at radius 1 is 0.550 bits per heavy atom. The largest absolute Gasteiger partial charge is 0.0776 e. The molecule has 3 saturated carbocycles. The van der Waals surface area contributed by atoms with E-state index >= 15 is 0 Å². The summed E-state index contributed by atoms with van der Waals surface area (Å²) in [7, 11) is 0. The Hall–Kier alpha value is 0. The van der Waals surface area contributed by atoms with Gasteiger partial charge < -0.3 is 0 Å². The Labute approximate surface area is 260 Å². The van der Waals surface area contributed by atoms with Gasteiger partial charge in [0.05, 0.1) is 0 Å². The van der Waals surface area contributed by atoms with Gasteiger partial charge in [-0.15, -0.1) is 0 Å². The minimum absolute atomic E-state index is 0. The molecule has 3 aliphatic rings. The molecule has 0 heteroatoms. The molecular formula is C40H88. The quantitative estimate of drug-likeness (QED) is 0.286. The van der Waals surface area contributed by atoms with Crippen LogP contribution in [0.5, 0.6) is 0 Å². The summed E-state index contributed by atoms with van der Waals surface area (Å²) in [5.41, 5.74) is 0.500. The molecule has 0 bridgehead atoms. The van der Waals surface area contributed by atoms with Gasteiger partial charge in [0, 0.05) is 0 Å². The average Bonchev–Trinajstić information content (AvgIpc) is 3.60. The van der Waals surface area contributed by atoms with Crippen molar-refractivity contribution in [3.8, 4) is 0 Å². The van der Waals surface area contributed by atoms with E-state index in [1.807, 2.05) is 0 Å². The first-order valence-corrected chi connectivity index (χ1v) is 17.5. The van der Waals surface area contributed by atoms with Gasteiger partial charge in [-0.1, -0.05) is 189 Å². The molecule has 1 unspecified atom stereocenters. The molecule has 0 N–H and O–H groups in total. The maximum Gasteiger partial charge on any atom is -0.0360 e. The van der Waals surface area contributed by atoms with Crippen LogP contribution in [0.3, 0.4) is 0 Å².